The van der Waals surface area contributed by atoms with Gasteiger partial charge >= 0.3 is 12.1 Å². The van der Waals surface area contributed by atoms with Crippen LogP contribution in [0.4, 0.5) is 21.2 Å². The van der Waals surface area contributed by atoms with E-state index in [4.69, 9.17) is 23.2 Å². The number of rotatable bonds is 6. The summed E-state index contributed by atoms with van der Waals surface area (Å²) in [4.78, 5) is 31.3. The second-order valence-electron chi connectivity index (χ2n) is 6.02. The van der Waals surface area contributed by atoms with Gasteiger partial charge in [0.05, 0.1) is 12.1 Å². The number of carbonyl (C=O) groups excluding carboxylic acids is 2. The van der Waals surface area contributed by atoms with Gasteiger partial charge in [-0.05, 0) is 25.7 Å². The Kier molecular flexibility index (Phi) is 4.36. The molecule has 2 fully saturated rings. The van der Waals surface area contributed by atoms with Crippen molar-refractivity contribution in [1.82, 2.24) is 20.2 Å². The van der Waals surface area contributed by atoms with E-state index in [-0.39, 0.29) is 29.3 Å². The summed E-state index contributed by atoms with van der Waals surface area (Å²) in [6, 6.07) is -0.0556. The molecule has 3 rings (SSSR count). The highest BCUT2D eigenvalue weighted by Crippen LogP contribution is 2.38. The second kappa shape index (κ2) is 6.50. The third-order valence-corrected chi connectivity index (χ3v) is 4.05. The van der Waals surface area contributed by atoms with E-state index in [0.717, 1.165) is 25.7 Å². The molecule has 2 saturated carbocycles. The zero-order valence-corrected chi connectivity index (χ0v) is 13.8. The van der Waals surface area contributed by atoms with E-state index in [0.29, 0.717) is 10.2 Å². The standard InChI is InChI=1S/C13H19N11O2/c14-5-9-10(21(7-1-2-7)23(17)12(15)25)19-6-20-11(9)22(8-3-4-8)24(18)13(16)26/h6-8H,1-4,17-18H2,(H2,15,25)(H2,16,26). The molecule has 1 aromatic heterocycles. The van der Waals surface area contributed by atoms with Gasteiger partial charge in [0.25, 0.3) is 0 Å². The molecule has 1 aromatic rings. The van der Waals surface area contributed by atoms with Crippen molar-refractivity contribution in [3.63, 3.8) is 0 Å². The number of urea groups is 2. The average molecular weight is 361 g/mol. The number of nitriles is 1. The predicted octanol–water partition coefficient (Wildman–Crippen LogP) is -1.38. The third-order valence-electron chi connectivity index (χ3n) is 4.05. The van der Waals surface area contributed by atoms with Crippen LogP contribution in [0.5, 0.6) is 0 Å². The lowest BCUT2D eigenvalue weighted by atomic mass is 10.2. The molecule has 8 N–H and O–H groups in total. The molecule has 0 radical (unpaired) electrons. The fourth-order valence-electron chi connectivity index (χ4n) is 2.57. The van der Waals surface area contributed by atoms with Crippen LogP contribution < -0.4 is 33.2 Å². The zero-order chi connectivity index (χ0) is 19.0. The zero-order valence-electron chi connectivity index (χ0n) is 13.8. The van der Waals surface area contributed by atoms with Crippen LogP contribution in [0.25, 0.3) is 0 Å². The number of nitrogens with zero attached hydrogens (tertiary/aromatic N) is 7. The first-order chi connectivity index (χ1) is 12.4. The van der Waals surface area contributed by atoms with Gasteiger partial charge in [0, 0.05) is 0 Å². The second-order valence-corrected chi connectivity index (χ2v) is 6.02. The largest absolute Gasteiger partial charge is 0.349 e. The minimum atomic E-state index is -0.905. The van der Waals surface area contributed by atoms with E-state index < -0.39 is 12.1 Å². The van der Waals surface area contributed by atoms with Gasteiger partial charge in [-0.1, -0.05) is 0 Å². The quantitative estimate of drug-likeness (QED) is 0.268. The van der Waals surface area contributed by atoms with E-state index in [9.17, 15) is 14.9 Å². The van der Waals surface area contributed by atoms with E-state index >= 15 is 0 Å². The summed E-state index contributed by atoms with van der Waals surface area (Å²) in [5, 5.41) is 13.8. The molecule has 0 spiro atoms. The van der Waals surface area contributed by atoms with Gasteiger partial charge in [0.15, 0.2) is 11.6 Å². The summed E-state index contributed by atoms with van der Waals surface area (Å²) >= 11 is 0. The Labute approximate surface area is 148 Å². The minimum absolute atomic E-state index is 0.000278. The number of amides is 4. The van der Waals surface area contributed by atoms with Gasteiger partial charge in [-0.25, -0.2) is 41.3 Å². The number of carbonyl (C=O) groups is 2. The maximum atomic E-state index is 11.5. The van der Waals surface area contributed by atoms with Gasteiger partial charge in [0.1, 0.15) is 18.0 Å². The molecule has 13 heteroatoms. The molecule has 0 aromatic carbocycles. The van der Waals surface area contributed by atoms with Crippen LogP contribution in [0, 0.1) is 11.3 Å². The molecule has 0 atom stereocenters. The number of hydrogen-bond acceptors (Lipinski definition) is 9. The highest BCUT2D eigenvalue weighted by molar-refractivity contribution is 5.77. The van der Waals surface area contributed by atoms with Crippen molar-refractivity contribution in [2.75, 3.05) is 10.0 Å². The Balaban J connectivity index is 2.08. The minimum Gasteiger partial charge on any atom is -0.349 e. The Bertz CT molecular complexity index is 716. The number of aromatic nitrogens is 2. The maximum Gasteiger partial charge on any atom is 0.348 e. The molecular formula is C13H19N11O2. The summed E-state index contributed by atoms with van der Waals surface area (Å²) in [6.07, 6.45) is 4.20. The van der Waals surface area contributed by atoms with E-state index in [2.05, 4.69) is 9.97 Å². The van der Waals surface area contributed by atoms with E-state index in [1.54, 1.807) is 0 Å². The lowest BCUT2D eigenvalue weighted by Gasteiger charge is -2.34. The first-order valence-electron chi connectivity index (χ1n) is 7.88. The molecule has 4 amide bonds. The van der Waals surface area contributed by atoms with Crippen molar-refractivity contribution in [2.45, 2.75) is 37.8 Å². The van der Waals surface area contributed by atoms with E-state index in [1.165, 1.54) is 16.3 Å². The third kappa shape index (κ3) is 3.10. The lowest BCUT2D eigenvalue weighted by Crippen LogP contribution is -2.56. The van der Waals surface area contributed by atoms with Crippen molar-refractivity contribution in [1.29, 1.82) is 5.26 Å². The molecule has 138 valence electrons. The molecule has 2 aliphatic rings. The van der Waals surface area contributed by atoms with Crippen molar-refractivity contribution in [3.8, 4) is 6.07 Å². The van der Waals surface area contributed by atoms with Gasteiger partial charge in [-0.3, -0.25) is 0 Å². The van der Waals surface area contributed by atoms with Gasteiger partial charge in [0.2, 0.25) is 0 Å². The van der Waals surface area contributed by atoms with Crippen LogP contribution >= 0.6 is 0 Å². The summed E-state index contributed by atoms with van der Waals surface area (Å²) in [5.41, 5.74) is 10.5. The molecule has 1 heterocycles. The molecule has 13 nitrogen and oxygen atoms in total. The van der Waals surface area contributed by atoms with Crippen LogP contribution in [0.15, 0.2) is 6.33 Å². The van der Waals surface area contributed by atoms with Crippen molar-refractivity contribution in [2.24, 2.45) is 23.2 Å². The maximum absolute atomic E-state index is 11.5. The van der Waals surface area contributed by atoms with Crippen LogP contribution in [0.2, 0.25) is 0 Å². The summed E-state index contributed by atoms with van der Waals surface area (Å²) in [5.74, 6) is 11.7. The predicted molar refractivity (Wildman–Crippen MR) is 89.0 cm³/mol. The van der Waals surface area contributed by atoms with Gasteiger partial charge in [-0.2, -0.15) is 15.5 Å². The monoisotopic (exact) mass is 361 g/mol. The fourth-order valence-corrected chi connectivity index (χ4v) is 2.57. The highest BCUT2D eigenvalue weighted by Gasteiger charge is 2.40. The van der Waals surface area contributed by atoms with Crippen LogP contribution in [0.3, 0.4) is 0 Å². The van der Waals surface area contributed by atoms with Crippen molar-refractivity contribution >= 4 is 23.7 Å². The Hall–Kier alpha value is -3.37. The topological polar surface area (TPSA) is 201 Å². The Morgan fingerprint density at radius 2 is 1.35 bits per heavy atom. The fraction of sp³-hybridized carbons (Fsp3) is 0.462. The van der Waals surface area contributed by atoms with Gasteiger partial charge in [-0.15, -0.1) is 0 Å². The molecule has 0 bridgehead atoms. The van der Waals surface area contributed by atoms with E-state index in [1.807, 2.05) is 6.07 Å². The smallest absolute Gasteiger partial charge is 0.348 e. The summed E-state index contributed by atoms with van der Waals surface area (Å²) in [6.45, 7) is 0. The average Bonchev–Trinajstić information content (AvgIpc) is 3.49. The Morgan fingerprint density at radius 1 is 0.962 bits per heavy atom. The normalized spacial score (nSPS) is 15.7. The molecule has 26 heavy (non-hydrogen) atoms. The summed E-state index contributed by atoms with van der Waals surface area (Å²) in [7, 11) is 0. The molecule has 0 saturated heterocycles. The first-order valence-corrected chi connectivity index (χ1v) is 7.88. The van der Waals surface area contributed by atoms with Crippen molar-refractivity contribution < 1.29 is 9.59 Å². The molecule has 2 aliphatic carbocycles. The number of hydrogen-bond donors (Lipinski definition) is 4. The highest BCUT2D eigenvalue weighted by atomic mass is 16.2. The SMILES string of the molecule is N#Cc1c(N(C2CC2)N(N)C(N)=O)ncnc1N(C1CC1)N(N)C(N)=O. The molecule has 0 unspecified atom stereocenters. The molecule has 0 aliphatic heterocycles. The number of hydrazine groups is 4. The van der Waals surface area contributed by atoms with Crippen molar-refractivity contribution in [3.05, 3.63) is 11.9 Å². The lowest BCUT2D eigenvalue weighted by molar-refractivity contribution is 0.200. The van der Waals surface area contributed by atoms with Crippen LogP contribution in [0.1, 0.15) is 31.2 Å². The first kappa shape index (κ1) is 17.5. The Morgan fingerprint density at radius 3 is 1.62 bits per heavy atom. The number of nitrogens with two attached hydrogens (primary N) is 4. The van der Waals surface area contributed by atoms with Gasteiger partial charge < -0.3 is 11.5 Å². The molecular weight excluding hydrogens is 342 g/mol. The van der Waals surface area contributed by atoms with Crippen LogP contribution in [-0.2, 0) is 0 Å². The number of primary amides is 2. The number of anilines is 2. The summed E-state index contributed by atoms with van der Waals surface area (Å²) < 4.78 is 0. The van der Waals surface area contributed by atoms with Crippen LogP contribution in [-0.4, -0.2) is 44.3 Å².